The van der Waals surface area contributed by atoms with E-state index in [2.05, 4.69) is 5.32 Å². The Hall–Kier alpha value is -2.05. The molecule has 3 rings (SSSR count). The van der Waals surface area contributed by atoms with Crippen molar-refractivity contribution < 1.29 is 9.72 Å². The molecule has 0 spiro atoms. The summed E-state index contributed by atoms with van der Waals surface area (Å²) < 4.78 is 0. The number of nitro groups is 1. The maximum atomic E-state index is 12.5. The third kappa shape index (κ3) is 3.39. The van der Waals surface area contributed by atoms with Crippen LogP contribution < -0.4 is 5.32 Å². The van der Waals surface area contributed by atoms with Crippen LogP contribution in [0, 0.1) is 17.0 Å². The number of hydrogen-bond donors (Lipinski definition) is 1. The molecule has 0 radical (unpaired) electrons. The van der Waals surface area contributed by atoms with Crippen LogP contribution in [-0.4, -0.2) is 16.6 Å². The Morgan fingerprint density at radius 2 is 2.12 bits per heavy atom. The number of hydrogen-bond acceptors (Lipinski definition) is 4. The van der Waals surface area contributed by atoms with E-state index >= 15 is 0 Å². The average molecular weight is 363 g/mol. The zero-order valence-electron chi connectivity index (χ0n) is 12.9. The number of benzene rings is 2. The van der Waals surface area contributed by atoms with Gasteiger partial charge in [0.2, 0.25) is 0 Å². The van der Waals surface area contributed by atoms with Gasteiger partial charge in [-0.2, -0.15) is 0 Å². The molecule has 7 heteroatoms. The molecule has 5 nitrogen and oxygen atoms in total. The second kappa shape index (κ2) is 6.83. The fourth-order valence-corrected chi connectivity index (χ4v) is 4.04. The van der Waals surface area contributed by atoms with E-state index < -0.39 is 4.92 Å². The third-order valence-corrected chi connectivity index (χ3v) is 5.33. The number of carbonyl (C=O) groups excluding carboxylic acids is 1. The third-order valence-electron chi connectivity index (χ3n) is 3.97. The first-order chi connectivity index (χ1) is 11.5. The van der Waals surface area contributed by atoms with Crippen molar-refractivity contribution in [1.29, 1.82) is 0 Å². The van der Waals surface area contributed by atoms with Gasteiger partial charge in [-0.1, -0.05) is 11.6 Å². The number of fused-ring (bicyclic) bond motifs is 1. The lowest BCUT2D eigenvalue weighted by Crippen LogP contribution is -2.30. The number of nitrogens with one attached hydrogen (secondary N) is 1. The Bertz CT molecular complexity index is 825. The topological polar surface area (TPSA) is 72.2 Å². The zero-order chi connectivity index (χ0) is 17.3. The molecule has 0 aromatic heterocycles. The van der Waals surface area contributed by atoms with Crippen LogP contribution in [-0.2, 0) is 0 Å². The van der Waals surface area contributed by atoms with Gasteiger partial charge in [0, 0.05) is 32.9 Å². The minimum atomic E-state index is -0.451. The molecule has 2 aromatic rings. The molecule has 1 atom stereocenters. The van der Waals surface area contributed by atoms with Crippen molar-refractivity contribution in [3.63, 3.8) is 0 Å². The molecule has 1 aliphatic rings. The van der Waals surface area contributed by atoms with Crippen LogP contribution in [0.15, 0.2) is 41.3 Å². The predicted molar refractivity (Wildman–Crippen MR) is 94.8 cm³/mol. The standard InChI is InChI=1S/C17H15ClN2O3S/c1-10-8-11(2-4-15(10)20(22)23)17(21)19-14-6-7-24-16-5-3-12(18)9-13(14)16/h2-5,8-9,14H,6-7H2,1H3,(H,19,21). The highest BCUT2D eigenvalue weighted by molar-refractivity contribution is 7.99. The van der Waals surface area contributed by atoms with Gasteiger partial charge >= 0.3 is 0 Å². The molecule has 1 unspecified atom stereocenters. The molecule has 0 bridgehead atoms. The molecule has 124 valence electrons. The van der Waals surface area contributed by atoms with Gasteiger partial charge in [-0.3, -0.25) is 14.9 Å². The van der Waals surface area contributed by atoms with Crippen molar-refractivity contribution in [3.05, 3.63) is 68.2 Å². The summed E-state index contributed by atoms with van der Waals surface area (Å²) >= 11 is 7.82. The summed E-state index contributed by atoms with van der Waals surface area (Å²) in [6.07, 6.45) is 0.815. The summed E-state index contributed by atoms with van der Waals surface area (Å²) in [6, 6.07) is 9.98. The smallest absolute Gasteiger partial charge is 0.272 e. The van der Waals surface area contributed by atoms with Gasteiger partial charge in [0.1, 0.15) is 0 Å². The van der Waals surface area contributed by atoms with Crippen LogP contribution in [0.4, 0.5) is 5.69 Å². The van der Waals surface area contributed by atoms with Crippen LogP contribution >= 0.6 is 23.4 Å². The molecule has 0 saturated heterocycles. The number of halogens is 1. The number of amides is 1. The highest BCUT2D eigenvalue weighted by atomic mass is 35.5. The van der Waals surface area contributed by atoms with Gasteiger partial charge in [0.15, 0.2) is 0 Å². The van der Waals surface area contributed by atoms with Crippen LogP contribution in [0.3, 0.4) is 0 Å². The molecule has 0 aliphatic carbocycles. The molecule has 0 saturated carbocycles. The fourth-order valence-electron chi connectivity index (χ4n) is 2.76. The maximum Gasteiger partial charge on any atom is 0.272 e. The summed E-state index contributed by atoms with van der Waals surface area (Å²) in [4.78, 5) is 24.1. The van der Waals surface area contributed by atoms with E-state index in [1.807, 2.05) is 18.2 Å². The van der Waals surface area contributed by atoms with Crippen molar-refractivity contribution in [2.75, 3.05) is 5.75 Å². The normalized spacial score (nSPS) is 16.3. The first kappa shape index (κ1) is 16.8. The Morgan fingerprint density at radius 3 is 2.83 bits per heavy atom. The van der Waals surface area contributed by atoms with Gasteiger partial charge in [-0.15, -0.1) is 11.8 Å². The SMILES string of the molecule is Cc1cc(C(=O)NC2CCSc3ccc(Cl)cc32)ccc1[N+](=O)[O-]. The van der Waals surface area contributed by atoms with E-state index in [-0.39, 0.29) is 17.6 Å². The van der Waals surface area contributed by atoms with Crippen molar-refractivity contribution in [1.82, 2.24) is 5.32 Å². The summed E-state index contributed by atoms with van der Waals surface area (Å²) in [6.45, 7) is 1.63. The summed E-state index contributed by atoms with van der Waals surface area (Å²) in [7, 11) is 0. The second-order valence-corrected chi connectivity index (χ2v) is 7.18. The van der Waals surface area contributed by atoms with Gasteiger partial charge in [-0.05, 0) is 49.2 Å². The van der Waals surface area contributed by atoms with E-state index in [1.54, 1.807) is 24.8 Å². The Balaban J connectivity index is 1.82. The van der Waals surface area contributed by atoms with E-state index in [0.29, 0.717) is 16.1 Å². The minimum Gasteiger partial charge on any atom is -0.345 e. The van der Waals surface area contributed by atoms with Crippen molar-refractivity contribution in [2.24, 2.45) is 0 Å². The zero-order valence-corrected chi connectivity index (χ0v) is 14.5. The summed E-state index contributed by atoms with van der Waals surface area (Å²) in [5.74, 6) is 0.676. The summed E-state index contributed by atoms with van der Waals surface area (Å²) in [5.41, 5.74) is 1.92. The molecular weight excluding hydrogens is 348 g/mol. The highest BCUT2D eigenvalue weighted by Crippen LogP contribution is 2.37. The lowest BCUT2D eigenvalue weighted by Gasteiger charge is -2.26. The number of aryl methyl sites for hydroxylation is 1. The number of carbonyl (C=O) groups is 1. The second-order valence-electron chi connectivity index (χ2n) is 5.60. The highest BCUT2D eigenvalue weighted by Gasteiger charge is 2.23. The number of nitrogens with zero attached hydrogens (tertiary/aromatic N) is 1. The van der Waals surface area contributed by atoms with Gasteiger partial charge < -0.3 is 5.32 Å². The number of rotatable bonds is 3. The van der Waals surface area contributed by atoms with Crippen LogP contribution in [0.25, 0.3) is 0 Å². The molecule has 1 N–H and O–H groups in total. The number of nitro benzene ring substituents is 1. The molecular formula is C17H15ClN2O3S. The molecule has 2 aromatic carbocycles. The summed E-state index contributed by atoms with van der Waals surface area (Å²) in [5, 5.41) is 14.5. The Morgan fingerprint density at radius 1 is 1.33 bits per heavy atom. The average Bonchev–Trinajstić information content (AvgIpc) is 2.55. The van der Waals surface area contributed by atoms with Crippen LogP contribution in [0.5, 0.6) is 0 Å². The van der Waals surface area contributed by atoms with Crippen LogP contribution in [0.2, 0.25) is 5.02 Å². The lowest BCUT2D eigenvalue weighted by molar-refractivity contribution is -0.385. The molecule has 1 aliphatic heterocycles. The fraction of sp³-hybridized carbons (Fsp3) is 0.235. The van der Waals surface area contributed by atoms with E-state index in [9.17, 15) is 14.9 Å². The van der Waals surface area contributed by atoms with E-state index in [0.717, 1.165) is 22.6 Å². The van der Waals surface area contributed by atoms with Crippen molar-refractivity contribution >= 4 is 35.0 Å². The monoisotopic (exact) mass is 362 g/mol. The lowest BCUT2D eigenvalue weighted by atomic mass is 10.0. The maximum absolute atomic E-state index is 12.5. The van der Waals surface area contributed by atoms with Gasteiger partial charge in [0.05, 0.1) is 11.0 Å². The van der Waals surface area contributed by atoms with Crippen molar-refractivity contribution in [3.8, 4) is 0 Å². The molecule has 1 heterocycles. The first-order valence-electron chi connectivity index (χ1n) is 7.44. The molecule has 1 amide bonds. The number of thioether (sulfide) groups is 1. The minimum absolute atomic E-state index is 0.0118. The predicted octanol–water partition coefficient (Wildman–Crippen LogP) is 4.52. The quantitative estimate of drug-likeness (QED) is 0.643. The first-order valence-corrected chi connectivity index (χ1v) is 8.80. The van der Waals surface area contributed by atoms with Crippen LogP contribution in [0.1, 0.15) is 33.9 Å². The Kier molecular flexibility index (Phi) is 4.78. The molecule has 0 fully saturated rings. The Labute approximate surface area is 148 Å². The largest absolute Gasteiger partial charge is 0.345 e. The van der Waals surface area contributed by atoms with Gasteiger partial charge in [-0.25, -0.2) is 0 Å². The van der Waals surface area contributed by atoms with E-state index in [4.69, 9.17) is 11.6 Å². The van der Waals surface area contributed by atoms with Gasteiger partial charge in [0.25, 0.3) is 11.6 Å². The van der Waals surface area contributed by atoms with E-state index in [1.165, 1.54) is 12.1 Å². The van der Waals surface area contributed by atoms with Crippen molar-refractivity contribution in [2.45, 2.75) is 24.3 Å². The molecule has 24 heavy (non-hydrogen) atoms.